The van der Waals surface area contributed by atoms with Crippen LogP contribution in [0, 0.1) is 0 Å². The first-order chi connectivity index (χ1) is 21.4. The van der Waals surface area contributed by atoms with Gasteiger partial charge in [0, 0.05) is 48.4 Å². The highest BCUT2D eigenvalue weighted by Gasteiger charge is 2.39. The maximum atomic E-state index is 13.1. The molecular weight excluding hydrogens is 566 g/mol. The minimum atomic E-state index is -0.692. The van der Waals surface area contributed by atoms with E-state index in [0.29, 0.717) is 62.8 Å². The number of ether oxygens (including phenoxy) is 3. The Kier molecular flexibility index (Phi) is 10.5. The fourth-order valence-corrected chi connectivity index (χ4v) is 5.14. The highest BCUT2D eigenvalue weighted by molar-refractivity contribution is 6.07. The van der Waals surface area contributed by atoms with E-state index >= 15 is 0 Å². The van der Waals surface area contributed by atoms with E-state index in [-0.39, 0.29) is 30.5 Å². The van der Waals surface area contributed by atoms with Crippen molar-refractivity contribution < 1.29 is 33.4 Å². The van der Waals surface area contributed by atoms with Gasteiger partial charge in [-0.1, -0.05) is 19.1 Å². The van der Waals surface area contributed by atoms with E-state index < -0.39 is 17.9 Å². The number of carbonyl (C=O) groups is 4. The third kappa shape index (κ3) is 7.76. The summed E-state index contributed by atoms with van der Waals surface area (Å²) in [5.74, 6) is -1.50. The second-order valence-corrected chi connectivity index (χ2v) is 10.6. The normalized spacial score (nSPS) is 16.2. The second kappa shape index (κ2) is 14.9. The predicted octanol–water partition coefficient (Wildman–Crippen LogP) is 3.12. The SMILES string of the molecule is CCCOCCOCCOCCNc1ccc2nc(C(=O)Nc3ccc4c(c3)C(=O)N(C3CCC(=O)NC3=O)C4)ccc2c1. The van der Waals surface area contributed by atoms with Gasteiger partial charge in [0.25, 0.3) is 11.8 Å². The van der Waals surface area contributed by atoms with E-state index in [4.69, 9.17) is 14.2 Å². The molecule has 1 fully saturated rings. The summed E-state index contributed by atoms with van der Waals surface area (Å²) in [4.78, 5) is 55.9. The Labute approximate surface area is 255 Å². The fourth-order valence-electron chi connectivity index (χ4n) is 5.14. The molecule has 4 amide bonds. The number of rotatable bonds is 15. The van der Waals surface area contributed by atoms with Gasteiger partial charge in [-0.2, -0.15) is 0 Å². The number of aromatic nitrogens is 1. The molecule has 0 spiro atoms. The first-order valence-electron chi connectivity index (χ1n) is 14.9. The lowest BCUT2D eigenvalue weighted by Crippen LogP contribution is -2.52. The summed E-state index contributed by atoms with van der Waals surface area (Å²) in [7, 11) is 0. The van der Waals surface area contributed by atoms with Gasteiger partial charge in [0.15, 0.2) is 0 Å². The predicted molar refractivity (Wildman–Crippen MR) is 163 cm³/mol. The van der Waals surface area contributed by atoms with Gasteiger partial charge < -0.3 is 29.7 Å². The molecule has 3 heterocycles. The first kappa shape index (κ1) is 31.0. The lowest BCUT2D eigenvalue weighted by molar-refractivity contribution is -0.136. The molecule has 232 valence electrons. The van der Waals surface area contributed by atoms with Crippen LogP contribution >= 0.6 is 0 Å². The van der Waals surface area contributed by atoms with Crippen molar-refractivity contribution >= 4 is 45.9 Å². The largest absolute Gasteiger partial charge is 0.383 e. The van der Waals surface area contributed by atoms with E-state index in [1.54, 1.807) is 24.3 Å². The number of nitrogens with zero attached hydrogens (tertiary/aromatic N) is 2. The molecule has 2 aromatic carbocycles. The number of anilines is 2. The monoisotopic (exact) mass is 603 g/mol. The van der Waals surface area contributed by atoms with Crippen LogP contribution in [0.4, 0.5) is 11.4 Å². The van der Waals surface area contributed by atoms with Crippen LogP contribution in [-0.2, 0) is 30.3 Å². The number of imide groups is 1. The lowest BCUT2D eigenvalue weighted by atomic mass is 10.0. The molecule has 2 aliphatic heterocycles. The maximum absolute atomic E-state index is 13.1. The van der Waals surface area contributed by atoms with Gasteiger partial charge in [-0.15, -0.1) is 0 Å². The topological polar surface area (TPSA) is 148 Å². The average Bonchev–Trinajstić information content (AvgIpc) is 3.34. The maximum Gasteiger partial charge on any atom is 0.274 e. The number of pyridine rings is 1. The molecule has 1 atom stereocenters. The number of amides is 4. The molecule has 1 unspecified atom stereocenters. The number of carbonyl (C=O) groups excluding carboxylic acids is 4. The van der Waals surface area contributed by atoms with Crippen LogP contribution in [-0.4, -0.2) is 85.7 Å². The van der Waals surface area contributed by atoms with Crippen molar-refractivity contribution in [1.82, 2.24) is 15.2 Å². The van der Waals surface area contributed by atoms with Crippen molar-refractivity contribution in [3.05, 3.63) is 65.4 Å². The quantitative estimate of drug-likeness (QED) is 0.176. The van der Waals surface area contributed by atoms with Crippen molar-refractivity contribution in [2.24, 2.45) is 0 Å². The molecule has 3 N–H and O–H groups in total. The van der Waals surface area contributed by atoms with Gasteiger partial charge in [-0.3, -0.25) is 24.5 Å². The van der Waals surface area contributed by atoms with E-state index in [2.05, 4.69) is 27.9 Å². The van der Waals surface area contributed by atoms with Crippen LogP contribution in [0.2, 0.25) is 0 Å². The van der Waals surface area contributed by atoms with Gasteiger partial charge in [0.05, 0.1) is 38.6 Å². The molecule has 2 aliphatic rings. The zero-order chi connectivity index (χ0) is 30.9. The molecule has 0 aliphatic carbocycles. The Bertz CT molecular complexity index is 1530. The van der Waals surface area contributed by atoms with Crippen LogP contribution in [0.5, 0.6) is 0 Å². The smallest absolute Gasteiger partial charge is 0.274 e. The molecule has 1 saturated heterocycles. The third-order valence-electron chi connectivity index (χ3n) is 7.38. The summed E-state index contributed by atoms with van der Waals surface area (Å²) in [5.41, 5.74) is 3.45. The van der Waals surface area contributed by atoms with Gasteiger partial charge in [-0.05, 0) is 54.8 Å². The molecule has 0 radical (unpaired) electrons. The third-order valence-corrected chi connectivity index (χ3v) is 7.38. The Balaban J connectivity index is 1.10. The number of nitrogens with one attached hydrogen (secondary N) is 3. The average molecular weight is 604 g/mol. The Morgan fingerprint density at radius 3 is 2.45 bits per heavy atom. The molecule has 0 bridgehead atoms. The number of hydrogen-bond acceptors (Lipinski definition) is 9. The van der Waals surface area contributed by atoms with Crippen molar-refractivity contribution in [1.29, 1.82) is 0 Å². The molecule has 5 rings (SSSR count). The van der Waals surface area contributed by atoms with Crippen LogP contribution in [0.15, 0.2) is 48.5 Å². The summed E-state index contributed by atoms with van der Waals surface area (Å²) in [6, 6.07) is 13.6. The highest BCUT2D eigenvalue weighted by Crippen LogP contribution is 2.29. The molecular formula is C32H37N5O7. The summed E-state index contributed by atoms with van der Waals surface area (Å²) in [5, 5.41) is 9.32. The molecule has 1 aromatic heterocycles. The van der Waals surface area contributed by atoms with Gasteiger partial charge in [0.1, 0.15) is 11.7 Å². The van der Waals surface area contributed by atoms with Crippen LogP contribution in [0.1, 0.15) is 52.6 Å². The van der Waals surface area contributed by atoms with Crippen molar-refractivity contribution in [2.45, 2.75) is 38.8 Å². The van der Waals surface area contributed by atoms with E-state index in [1.807, 2.05) is 24.3 Å². The van der Waals surface area contributed by atoms with Gasteiger partial charge >= 0.3 is 0 Å². The first-order valence-corrected chi connectivity index (χ1v) is 14.9. The Morgan fingerprint density at radius 1 is 0.932 bits per heavy atom. The molecule has 12 heteroatoms. The van der Waals surface area contributed by atoms with Gasteiger partial charge in [-0.25, -0.2) is 4.98 Å². The van der Waals surface area contributed by atoms with E-state index in [1.165, 1.54) is 4.90 Å². The molecule has 0 saturated carbocycles. The highest BCUT2D eigenvalue weighted by atomic mass is 16.5. The van der Waals surface area contributed by atoms with Crippen molar-refractivity contribution in [3.8, 4) is 0 Å². The number of fused-ring (bicyclic) bond motifs is 2. The van der Waals surface area contributed by atoms with E-state index in [0.717, 1.165) is 29.7 Å². The zero-order valence-electron chi connectivity index (χ0n) is 24.7. The fraction of sp³-hybridized carbons (Fsp3) is 0.406. The molecule has 3 aromatic rings. The second-order valence-electron chi connectivity index (χ2n) is 10.6. The summed E-state index contributed by atoms with van der Waals surface area (Å²) in [6.45, 7) is 6.48. The summed E-state index contributed by atoms with van der Waals surface area (Å²) >= 11 is 0. The van der Waals surface area contributed by atoms with Crippen LogP contribution in [0.25, 0.3) is 10.9 Å². The standard InChI is InChI=1S/C32H37N5O7/c1-2-12-42-14-16-44-17-15-43-13-11-33-23-6-8-26-21(18-23)4-7-27(35-26)30(39)34-24-5-3-22-20-37(32(41)25(22)19-24)28-9-10-29(38)36-31(28)40/h3-8,18-19,28,33H,2,9-17,20H2,1H3,(H,34,39)(H,36,38,40). The minimum absolute atomic E-state index is 0.190. The van der Waals surface area contributed by atoms with E-state index in [9.17, 15) is 19.2 Å². The number of piperidine rings is 1. The zero-order valence-corrected chi connectivity index (χ0v) is 24.7. The Hall–Kier alpha value is -4.39. The van der Waals surface area contributed by atoms with Gasteiger partial charge in [0.2, 0.25) is 11.8 Å². The summed E-state index contributed by atoms with van der Waals surface area (Å²) < 4.78 is 16.4. The molecule has 12 nitrogen and oxygen atoms in total. The number of benzene rings is 2. The minimum Gasteiger partial charge on any atom is -0.383 e. The Morgan fingerprint density at radius 2 is 1.68 bits per heavy atom. The van der Waals surface area contributed by atoms with Crippen LogP contribution < -0.4 is 16.0 Å². The lowest BCUT2D eigenvalue weighted by Gasteiger charge is -2.29. The van der Waals surface area contributed by atoms with Crippen molar-refractivity contribution in [2.75, 3.05) is 56.8 Å². The number of hydrogen-bond donors (Lipinski definition) is 3. The molecule has 44 heavy (non-hydrogen) atoms. The van der Waals surface area contributed by atoms with Crippen LogP contribution in [0.3, 0.4) is 0 Å². The van der Waals surface area contributed by atoms with Crippen molar-refractivity contribution in [3.63, 3.8) is 0 Å². The summed E-state index contributed by atoms with van der Waals surface area (Å²) in [6.07, 6.45) is 1.48.